The molecule has 2 amide bonds. The lowest BCUT2D eigenvalue weighted by atomic mass is 10.1. The molecule has 2 aromatic rings. The average Bonchev–Trinajstić information content (AvgIpc) is 3.14. The Morgan fingerprint density at radius 2 is 1.86 bits per heavy atom. The van der Waals surface area contributed by atoms with Crippen LogP contribution in [0, 0.1) is 0 Å². The van der Waals surface area contributed by atoms with E-state index in [1.165, 1.54) is 23.1 Å². The molecule has 3 rings (SSSR count). The van der Waals surface area contributed by atoms with Crippen LogP contribution >= 0.6 is 35.0 Å². The number of carbonyl (C=O) groups excluding carboxylic acids is 2. The third-order valence-electron chi connectivity index (χ3n) is 4.32. The summed E-state index contributed by atoms with van der Waals surface area (Å²) in [5, 5.41) is 3.39. The van der Waals surface area contributed by atoms with Gasteiger partial charge in [0.2, 0.25) is 5.91 Å². The SMILES string of the molecule is O=C(Nc1ccc(SC(F)F)cc1)C1CCCN1C(=O)c1cc(Cl)ccc1Cl. The predicted molar refractivity (Wildman–Crippen MR) is 107 cm³/mol. The standard InChI is InChI=1S/C19H16Cl2F2N2O2S/c20-11-3-8-15(21)14(10-11)18(27)25-9-1-2-16(25)17(26)24-12-4-6-13(7-5-12)28-19(22)23/h3-8,10,16,19H,1-2,9H2,(H,24,26). The number of rotatable bonds is 5. The zero-order valence-corrected chi connectivity index (χ0v) is 16.8. The van der Waals surface area contributed by atoms with Gasteiger partial charge in [-0.1, -0.05) is 35.0 Å². The van der Waals surface area contributed by atoms with Crippen LogP contribution < -0.4 is 5.32 Å². The van der Waals surface area contributed by atoms with E-state index < -0.39 is 11.8 Å². The quantitative estimate of drug-likeness (QED) is 0.614. The van der Waals surface area contributed by atoms with Crippen LogP contribution in [0.15, 0.2) is 47.4 Å². The first-order valence-electron chi connectivity index (χ1n) is 8.47. The van der Waals surface area contributed by atoms with Crippen molar-refractivity contribution in [3.8, 4) is 0 Å². The van der Waals surface area contributed by atoms with Crippen LogP contribution in [0.1, 0.15) is 23.2 Å². The minimum absolute atomic E-state index is 0.252. The van der Waals surface area contributed by atoms with Gasteiger partial charge in [-0.15, -0.1) is 0 Å². The number of likely N-dealkylation sites (tertiary alicyclic amines) is 1. The zero-order chi connectivity index (χ0) is 20.3. The molecule has 1 heterocycles. The van der Waals surface area contributed by atoms with Gasteiger partial charge in [-0.2, -0.15) is 8.78 Å². The van der Waals surface area contributed by atoms with E-state index in [9.17, 15) is 18.4 Å². The van der Waals surface area contributed by atoms with Crippen LogP contribution in [-0.4, -0.2) is 35.1 Å². The summed E-state index contributed by atoms with van der Waals surface area (Å²) in [6, 6.07) is 10.1. The molecule has 0 bridgehead atoms. The van der Waals surface area contributed by atoms with Gasteiger partial charge in [0.25, 0.3) is 11.7 Å². The summed E-state index contributed by atoms with van der Waals surface area (Å²) in [4.78, 5) is 27.4. The summed E-state index contributed by atoms with van der Waals surface area (Å²) in [6.45, 7) is 0.434. The fourth-order valence-electron chi connectivity index (χ4n) is 3.04. The summed E-state index contributed by atoms with van der Waals surface area (Å²) in [6.07, 6.45) is 1.21. The zero-order valence-electron chi connectivity index (χ0n) is 14.5. The largest absolute Gasteiger partial charge is 0.327 e. The average molecular weight is 445 g/mol. The lowest BCUT2D eigenvalue weighted by Gasteiger charge is -2.24. The Bertz CT molecular complexity index is 881. The molecule has 9 heteroatoms. The summed E-state index contributed by atoms with van der Waals surface area (Å²) < 4.78 is 24.8. The first-order valence-corrected chi connectivity index (χ1v) is 10.1. The lowest BCUT2D eigenvalue weighted by Crippen LogP contribution is -2.43. The van der Waals surface area contributed by atoms with Gasteiger partial charge in [0, 0.05) is 22.2 Å². The lowest BCUT2D eigenvalue weighted by molar-refractivity contribution is -0.119. The molecule has 1 unspecified atom stereocenters. The molecular formula is C19H16Cl2F2N2O2S. The van der Waals surface area contributed by atoms with Gasteiger partial charge in [0.1, 0.15) is 6.04 Å². The van der Waals surface area contributed by atoms with Crippen molar-refractivity contribution in [3.63, 3.8) is 0 Å². The van der Waals surface area contributed by atoms with Crippen molar-refractivity contribution in [2.45, 2.75) is 29.5 Å². The topological polar surface area (TPSA) is 49.4 Å². The van der Waals surface area contributed by atoms with Crippen molar-refractivity contribution in [1.82, 2.24) is 4.90 Å². The number of benzene rings is 2. The van der Waals surface area contributed by atoms with Gasteiger partial charge in [-0.05, 0) is 55.3 Å². The molecular weight excluding hydrogens is 429 g/mol. The molecule has 0 saturated carbocycles. The van der Waals surface area contributed by atoms with Gasteiger partial charge in [0.05, 0.1) is 10.6 Å². The molecule has 28 heavy (non-hydrogen) atoms. The van der Waals surface area contributed by atoms with E-state index in [1.54, 1.807) is 24.3 Å². The van der Waals surface area contributed by atoms with Crippen molar-refractivity contribution >= 4 is 52.5 Å². The highest BCUT2D eigenvalue weighted by Gasteiger charge is 2.35. The number of hydrogen-bond donors (Lipinski definition) is 1. The number of amides is 2. The molecule has 1 atom stereocenters. The van der Waals surface area contributed by atoms with Crippen LogP contribution in [0.4, 0.5) is 14.5 Å². The normalized spacial score (nSPS) is 16.5. The second-order valence-electron chi connectivity index (χ2n) is 6.17. The van der Waals surface area contributed by atoms with Crippen molar-refractivity contribution in [3.05, 3.63) is 58.1 Å². The van der Waals surface area contributed by atoms with E-state index in [2.05, 4.69) is 5.32 Å². The smallest absolute Gasteiger partial charge is 0.288 e. The maximum absolute atomic E-state index is 12.9. The van der Waals surface area contributed by atoms with E-state index in [0.29, 0.717) is 46.8 Å². The Balaban J connectivity index is 1.70. The van der Waals surface area contributed by atoms with Crippen LogP contribution in [-0.2, 0) is 4.79 Å². The first-order chi connectivity index (χ1) is 13.3. The van der Waals surface area contributed by atoms with E-state index in [4.69, 9.17) is 23.2 Å². The summed E-state index contributed by atoms with van der Waals surface area (Å²) >= 11 is 12.5. The van der Waals surface area contributed by atoms with Gasteiger partial charge >= 0.3 is 0 Å². The molecule has 0 spiro atoms. The number of halogens is 4. The molecule has 0 aliphatic carbocycles. The highest BCUT2D eigenvalue weighted by atomic mass is 35.5. The Kier molecular flexibility index (Phi) is 6.80. The molecule has 1 aliphatic rings. The number of hydrogen-bond acceptors (Lipinski definition) is 3. The fraction of sp³-hybridized carbons (Fsp3) is 0.263. The second kappa shape index (κ2) is 9.11. The molecule has 1 aliphatic heterocycles. The molecule has 1 saturated heterocycles. The van der Waals surface area contributed by atoms with E-state index >= 15 is 0 Å². The maximum atomic E-state index is 12.9. The Morgan fingerprint density at radius 3 is 2.54 bits per heavy atom. The molecule has 4 nitrogen and oxygen atoms in total. The number of carbonyl (C=O) groups is 2. The molecule has 1 N–H and O–H groups in total. The van der Waals surface area contributed by atoms with Crippen LogP contribution in [0.2, 0.25) is 10.0 Å². The van der Waals surface area contributed by atoms with Crippen molar-refractivity contribution in [1.29, 1.82) is 0 Å². The molecule has 0 aromatic heterocycles. The highest BCUT2D eigenvalue weighted by molar-refractivity contribution is 7.99. The second-order valence-corrected chi connectivity index (χ2v) is 8.08. The Labute approximate surface area is 175 Å². The molecule has 0 radical (unpaired) electrons. The van der Waals surface area contributed by atoms with Gasteiger partial charge in [-0.25, -0.2) is 0 Å². The van der Waals surface area contributed by atoms with Crippen LogP contribution in [0.25, 0.3) is 0 Å². The van der Waals surface area contributed by atoms with E-state index in [1.807, 2.05) is 0 Å². The Hall–Kier alpha value is -1.83. The van der Waals surface area contributed by atoms with Crippen LogP contribution in [0.3, 0.4) is 0 Å². The molecule has 148 valence electrons. The van der Waals surface area contributed by atoms with Crippen LogP contribution in [0.5, 0.6) is 0 Å². The van der Waals surface area contributed by atoms with Crippen molar-refractivity contribution < 1.29 is 18.4 Å². The monoisotopic (exact) mass is 444 g/mol. The fourth-order valence-corrected chi connectivity index (χ4v) is 3.91. The van der Waals surface area contributed by atoms with Crippen molar-refractivity contribution in [2.75, 3.05) is 11.9 Å². The van der Waals surface area contributed by atoms with E-state index in [0.717, 1.165) is 0 Å². The van der Waals surface area contributed by atoms with Gasteiger partial charge in [0.15, 0.2) is 0 Å². The molecule has 2 aromatic carbocycles. The first kappa shape index (κ1) is 20.9. The van der Waals surface area contributed by atoms with Gasteiger partial charge < -0.3 is 10.2 Å². The Morgan fingerprint density at radius 1 is 1.14 bits per heavy atom. The minimum atomic E-state index is -2.50. The minimum Gasteiger partial charge on any atom is -0.327 e. The number of nitrogens with zero attached hydrogens (tertiary/aromatic N) is 1. The summed E-state index contributed by atoms with van der Waals surface area (Å²) in [7, 11) is 0. The van der Waals surface area contributed by atoms with Gasteiger partial charge in [-0.3, -0.25) is 9.59 Å². The predicted octanol–water partition coefficient (Wildman–Crippen LogP) is 5.55. The summed E-state index contributed by atoms with van der Waals surface area (Å²) in [5.41, 5.74) is 0.728. The van der Waals surface area contributed by atoms with Crippen molar-refractivity contribution in [2.24, 2.45) is 0 Å². The number of anilines is 1. The number of thioether (sulfide) groups is 1. The number of alkyl halides is 2. The third kappa shape index (κ3) is 4.96. The number of nitrogens with one attached hydrogen (secondary N) is 1. The highest BCUT2D eigenvalue weighted by Crippen LogP contribution is 2.28. The maximum Gasteiger partial charge on any atom is 0.288 e. The van der Waals surface area contributed by atoms with E-state index in [-0.39, 0.29) is 22.4 Å². The third-order valence-corrected chi connectivity index (χ3v) is 5.61. The molecule has 1 fully saturated rings. The summed E-state index contributed by atoms with van der Waals surface area (Å²) in [5.74, 6) is -3.19.